The van der Waals surface area contributed by atoms with Gasteiger partial charge in [-0.05, 0) is 43.0 Å². The summed E-state index contributed by atoms with van der Waals surface area (Å²) in [5, 5.41) is 6.75. The summed E-state index contributed by atoms with van der Waals surface area (Å²) in [6.07, 6.45) is 6.63. The second kappa shape index (κ2) is 10.9. The summed E-state index contributed by atoms with van der Waals surface area (Å²) in [6.45, 7) is 1.35. The maximum atomic E-state index is 13.3. The van der Waals surface area contributed by atoms with Gasteiger partial charge in [0.15, 0.2) is 5.78 Å². The van der Waals surface area contributed by atoms with E-state index >= 15 is 0 Å². The number of anilines is 3. The van der Waals surface area contributed by atoms with Crippen LogP contribution in [0.25, 0.3) is 11.3 Å². The lowest BCUT2D eigenvalue weighted by atomic mass is 9.85. The predicted octanol–water partition coefficient (Wildman–Crippen LogP) is 4.42. The predicted molar refractivity (Wildman–Crippen MR) is 136 cm³/mol. The van der Waals surface area contributed by atoms with Crippen molar-refractivity contribution in [1.82, 2.24) is 9.97 Å². The second-order valence-electron chi connectivity index (χ2n) is 8.55. The number of fused-ring (bicyclic) bond motifs is 1. The van der Waals surface area contributed by atoms with Crippen LogP contribution in [0.15, 0.2) is 66.0 Å². The number of hydrogen-bond acceptors (Lipinski definition) is 7. The van der Waals surface area contributed by atoms with Gasteiger partial charge in [-0.25, -0.2) is 15.8 Å². The van der Waals surface area contributed by atoms with Crippen molar-refractivity contribution in [2.75, 3.05) is 10.3 Å². The van der Waals surface area contributed by atoms with Crippen LogP contribution in [0.4, 0.5) is 17.2 Å². The number of H-pyrrole nitrogens is 1. The molecule has 184 valence electrons. The number of carbonyl (C=O) groups excluding carboxylic acids is 3. The SMILES string of the molecule is CC(=O)N(N)c1cc(-c2[nH]c3c(c2Nc2ccccc2)C(=O)CC(C=CCCC(=O)N=O)C3)ccn1. The Labute approximate surface area is 207 Å². The zero-order chi connectivity index (χ0) is 25.7. The Bertz CT molecular complexity index is 1330. The summed E-state index contributed by atoms with van der Waals surface area (Å²) in [5.41, 5.74) is 4.24. The molecular weight excluding hydrogens is 460 g/mol. The van der Waals surface area contributed by atoms with Crippen LogP contribution >= 0.6 is 0 Å². The van der Waals surface area contributed by atoms with Gasteiger partial charge < -0.3 is 10.3 Å². The van der Waals surface area contributed by atoms with Crippen LogP contribution in [0.2, 0.25) is 0 Å². The van der Waals surface area contributed by atoms with Crippen molar-refractivity contribution in [3.8, 4) is 11.3 Å². The third-order valence-corrected chi connectivity index (χ3v) is 5.97. The number of amides is 2. The summed E-state index contributed by atoms with van der Waals surface area (Å²) in [5.74, 6) is 5.03. The number of carbonyl (C=O) groups is 3. The first-order valence-electron chi connectivity index (χ1n) is 11.5. The number of benzene rings is 1. The molecule has 4 rings (SSSR count). The topological polar surface area (TPSA) is 151 Å². The molecule has 2 aromatic heterocycles. The van der Waals surface area contributed by atoms with E-state index in [1.165, 1.54) is 6.92 Å². The molecule has 1 aromatic carbocycles. The number of nitrogens with one attached hydrogen (secondary N) is 2. The van der Waals surface area contributed by atoms with Crippen molar-refractivity contribution in [2.24, 2.45) is 16.9 Å². The normalized spacial score (nSPS) is 14.9. The van der Waals surface area contributed by atoms with Crippen LogP contribution in [0.3, 0.4) is 0 Å². The minimum Gasteiger partial charge on any atom is -0.356 e. The minimum atomic E-state index is -0.690. The summed E-state index contributed by atoms with van der Waals surface area (Å²) in [6, 6.07) is 13.0. The van der Waals surface area contributed by atoms with E-state index in [0.717, 1.165) is 16.4 Å². The monoisotopic (exact) mass is 486 g/mol. The molecule has 10 nitrogen and oxygen atoms in total. The first-order chi connectivity index (χ1) is 17.4. The number of aromatic nitrogens is 2. The van der Waals surface area contributed by atoms with Gasteiger partial charge in [0.1, 0.15) is 5.82 Å². The van der Waals surface area contributed by atoms with Crippen molar-refractivity contribution in [1.29, 1.82) is 0 Å². The summed E-state index contributed by atoms with van der Waals surface area (Å²) in [4.78, 5) is 54.0. The average Bonchev–Trinajstić information content (AvgIpc) is 3.25. The van der Waals surface area contributed by atoms with Gasteiger partial charge in [-0.3, -0.25) is 14.4 Å². The van der Waals surface area contributed by atoms with Gasteiger partial charge in [0.05, 0.1) is 16.9 Å². The van der Waals surface area contributed by atoms with Crippen molar-refractivity contribution >= 4 is 34.8 Å². The Morgan fingerprint density at radius 3 is 2.75 bits per heavy atom. The molecule has 1 atom stereocenters. The number of pyridine rings is 1. The maximum absolute atomic E-state index is 13.3. The standard InChI is InChI=1S/C26H26N6O4/c1-16(33)32(27)22-15-18(11-12-28-22)25-26(29-19-8-3-2-4-9-19)24-20(30-25)13-17(14-21(24)34)7-5-6-10-23(35)31-36/h2-5,7-9,11-12,15,17,29-30H,6,10,13-14,27H2,1H3. The Kier molecular flexibility index (Phi) is 7.45. The lowest BCUT2D eigenvalue weighted by molar-refractivity contribution is -0.118. The van der Waals surface area contributed by atoms with Gasteiger partial charge in [0.25, 0.3) is 5.91 Å². The number of nitroso groups, excluding NO2 is 1. The molecule has 0 bridgehead atoms. The van der Waals surface area contributed by atoms with Crippen LogP contribution in [0.1, 0.15) is 42.2 Å². The van der Waals surface area contributed by atoms with Crippen molar-refractivity contribution < 1.29 is 14.4 Å². The Morgan fingerprint density at radius 2 is 2.03 bits per heavy atom. The zero-order valence-electron chi connectivity index (χ0n) is 19.7. The number of para-hydroxylation sites is 1. The molecule has 1 unspecified atom stereocenters. The van der Waals surface area contributed by atoms with E-state index < -0.39 is 5.91 Å². The molecule has 0 saturated heterocycles. The molecule has 4 N–H and O–H groups in total. The molecule has 3 aromatic rings. The minimum absolute atomic E-state index is 0.0177. The average molecular weight is 487 g/mol. The van der Waals surface area contributed by atoms with Gasteiger partial charge in [0, 0.05) is 48.1 Å². The molecule has 0 spiro atoms. The van der Waals surface area contributed by atoms with Crippen LogP contribution in [-0.2, 0) is 16.0 Å². The smallest absolute Gasteiger partial charge is 0.286 e. The largest absolute Gasteiger partial charge is 0.356 e. The molecule has 36 heavy (non-hydrogen) atoms. The van der Waals surface area contributed by atoms with Crippen molar-refractivity contribution in [2.45, 2.75) is 32.6 Å². The number of hydrogen-bond donors (Lipinski definition) is 3. The van der Waals surface area contributed by atoms with Gasteiger partial charge in [0.2, 0.25) is 5.91 Å². The van der Waals surface area contributed by atoms with Gasteiger partial charge in [-0.15, -0.1) is 4.91 Å². The fourth-order valence-corrected chi connectivity index (χ4v) is 4.24. The van der Waals surface area contributed by atoms with E-state index in [0.29, 0.717) is 41.8 Å². The highest BCUT2D eigenvalue weighted by atomic mass is 16.3. The highest BCUT2D eigenvalue weighted by molar-refractivity contribution is 6.07. The number of Topliss-reactive ketones (excluding diaryl/α,β-unsaturated/α-hetero) is 1. The molecule has 0 saturated carbocycles. The number of allylic oxidation sites excluding steroid dienone is 2. The molecule has 1 aliphatic carbocycles. The first-order valence-corrected chi connectivity index (χ1v) is 11.5. The Balaban J connectivity index is 1.70. The second-order valence-corrected chi connectivity index (χ2v) is 8.55. The quantitative estimate of drug-likeness (QED) is 0.140. The molecule has 2 amide bonds. The van der Waals surface area contributed by atoms with Crippen molar-refractivity contribution in [3.05, 3.63) is 77.0 Å². The van der Waals surface area contributed by atoms with Crippen LogP contribution in [-0.4, -0.2) is 27.6 Å². The van der Waals surface area contributed by atoms with E-state index in [1.54, 1.807) is 18.3 Å². The van der Waals surface area contributed by atoms with Gasteiger partial charge in [-0.2, -0.15) is 0 Å². The number of nitrogens with two attached hydrogens (primary N) is 1. The third-order valence-electron chi connectivity index (χ3n) is 5.97. The number of hydrazine groups is 1. The van der Waals surface area contributed by atoms with Crippen molar-refractivity contribution in [3.63, 3.8) is 0 Å². The maximum Gasteiger partial charge on any atom is 0.286 e. The van der Waals surface area contributed by atoms with Gasteiger partial charge >= 0.3 is 0 Å². The third kappa shape index (κ3) is 5.44. The van der Waals surface area contributed by atoms with E-state index in [2.05, 4.69) is 20.5 Å². The molecule has 0 fully saturated rings. The molecule has 2 heterocycles. The molecule has 0 aliphatic heterocycles. The Hall–Kier alpha value is -4.44. The highest BCUT2D eigenvalue weighted by Gasteiger charge is 2.31. The number of aromatic amines is 1. The number of rotatable bonds is 8. The van der Waals surface area contributed by atoms with Gasteiger partial charge in [-0.1, -0.05) is 30.4 Å². The van der Waals surface area contributed by atoms with E-state index in [9.17, 15) is 19.3 Å². The fourth-order valence-electron chi connectivity index (χ4n) is 4.24. The van der Waals surface area contributed by atoms with Crippen LogP contribution in [0, 0.1) is 10.8 Å². The summed E-state index contributed by atoms with van der Waals surface area (Å²) in [7, 11) is 0. The number of ketones is 1. The lowest BCUT2D eigenvalue weighted by Crippen LogP contribution is -2.36. The van der Waals surface area contributed by atoms with E-state index in [-0.39, 0.29) is 29.8 Å². The first kappa shape index (κ1) is 24.7. The molecular formula is C26H26N6O4. The summed E-state index contributed by atoms with van der Waals surface area (Å²) >= 11 is 0. The molecule has 1 aliphatic rings. The van der Waals surface area contributed by atoms with Crippen LogP contribution < -0.4 is 16.2 Å². The van der Waals surface area contributed by atoms with Crippen LogP contribution in [0.5, 0.6) is 0 Å². The fraction of sp³-hybridized carbons (Fsp3) is 0.231. The molecule has 10 heteroatoms. The lowest BCUT2D eigenvalue weighted by Gasteiger charge is -2.19. The highest BCUT2D eigenvalue weighted by Crippen LogP contribution is 2.40. The number of nitrogens with zero attached hydrogens (tertiary/aromatic N) is 3. The van der Waals surface area contributed by atoms with E-state index in [4.69, 9.17) is 5.84 Å². The zero-order valence-corrected chi connectivity index (χ0v) is 19.7. The molecule has 0 radical (unpaired) electrons. The van der Waals surface area contributed by atoms with E-state index in [1.807, 2.05) is 42.5 Å². The Morgan fingerprint density at radius 1 is 1.25 bits per heavy atom. The summed E-state index contributed by atoms with van der Waals surface area (Å²) < 4.78 is 0.